The third-order valence-corrected chi connectivity index (χ3v) is 2.99. The smallest absolute Gasteiger partial charge is 0.0640 e. The van der Waals surface area contributed by atoms with E-state index in [0.717, 1.165) is 24.8 Å². The van der Waals surface area contributed by atoms with Gasteiger partial charge in [-0.25, -0.2) is 0 Å². The molecule has 0 heterocycles. The summed E-state index contributed by atoms with van der Waals surface area (Å²) in [6.07, 6.45) is 2.92. The van der Waals surface area contributed by atoms with E-state index >= 15 is 0 Å². The number of hydrogen-bond acceptors (Lipinski definition) is 2. The van der Waals surface area contributed by atoms with Crippen LogP contribution in [0.15, 0.2) is 30.3 Å². The lowest BCUT2D eigenvalue weighted by Gasteiger charge is -2.23. The van der Waals surface area contributed by atoms with E-state index in [-0.39, 0.29) is 0 Å². The first-order valence-corrected chi connectivity index (χ1v) is 6.73. The van der Waals surface area contributed by atoms with Crippen LogP contribution < -0.4 is 4.90 Å². The third kappa shape index (κ3) is 4.67. The van der Waals surface area contributed by atoms with E-state index in [2.05, 4.69) is 39.0 Å². The molecule has 0 amide bonds. The highest BCUT2D eigenvalue weighted by molar-refractivity contribution is 9.09. The van der Waals surface area contributed by atoms with Crippen LogP contribution in [0.25, 0.3) is 0 Å². The molecule has 3 heteroatoms. The Labute approximate surface area is 106 Å². The molecule has 0 spiro atoms. The minimum Gasteiger partial charge on any atom is -0.371 e. The first-order chi connectivity index (χ1) is 7.88. The van der Waals surface area contributed by atoms with Crippen LogP contribution in [0.4, 0.5) is 5.69 Å². The Morgan fingerprint density at radius 1 is 1.12 bits per heavy atom. The quantitative estimate of drug-likeness (QED) is 0.564. The summed E-state index contributed by atoms with van der Waals surface area (Å²) >= 11 is 3.44. The van der Waals surface area contributed by atoms with Gasteiger partial charge in [0.25, 0.3) is 0 Å². The molecule has 0 N–H and O–H groups in total. The predicted molar refractivity (Wildman–Crippen MR) is 71.9 cm³/mol. The zero-order chi connectivity index (χ0) is 11.6. The average molecular weight is 281 g/mol. The summed E-state index contributed by atoms with van der Waals surface area (Å²) in [6.45, 7) is 1.85. The molecular formula is C13H17BrN2. The molecule has 0 aromatic heterocycles. The highest BCUT2D eigenvalue weighted by Gasteiger charge is 2.04. The molecule has 86 valence electrons. The lowest BCUT2D eigenvalue weighted by atomic mass is 10.2. The summed E-state index contributed by atoms with van der Waals surface area (Å²) in [6, 6.07) is 12.5. The van der Waals surface area contributed by atoms with Gasteiger partial charge in [0.1, 0.15) is 0 Å². The Balaban J connectivity index is 2.53. The Morgan fingerprint density at radius 3 is 2.50 bits per heavy atom. The van der Waals surface area contributed by atoms with Crippen molar-refractivity contribution >= 4 is 21.6 Å². The predicted octanol–water partition coefficient (Wildman–Crippen LogP) is 3.58. The molecule has 1 rings (SSSR count). The molecule has 0 unspecified atom stereocenters. The summed E-state index contributed by atoms with van der Waals surface area (Å²) in [5.41, 5.74) is 1.22. The average Bonchev–Trinajstić information content (AvgIpc) is 2.35. The fraction of sp³-hybridized carbons (Fsp3) is 0.462. The van der Waals surface area contributed by atoms with Gasteiger partial charge in [-0.15, -0.1) is 0 Å². The molecule has 0 aliphatic carbocycles. The highest BCUT2D eigenvalue weighted by Crippen LogP contribution is 2.14. The van der Waals surface area contributed by atoms with E-state index in [9.17, 15) is 0 Å². The maximum Gasteiger partial charge on any atom is 0.0640 e. The Morgan fingerprint density at radius 2 is 1.88 bits per heavy atom. The fourth-order valence-electron chi connectivity index (χ4n) is 1.59. The Bertz CT molecular complexity index is 318. The van der Waals surface area contributed by atoms with E-state index in [0.29, 0.717) is 6.42 Å². The van der Waals surface area contributed by atoms with Gasteiger partial charge in [-0.05, 0) is 25.0 Å². The zero-order valence-corrected chi connectivity index (χ0v) is 11.0. The Hall–Kier alpha value is -1.01. The monoisotopic (exact) mass is 280 g/mol. The van der Waals surface area contributed by atoms with E-state index in [1.54, 1.807) is 0 Å². The van der Waals surface area contributed by atoms with Crippen molar-refractivity contribution in [3.8, 4) is 6.07 Å². The van der Waals surface area contributed by atoms with Crippen LogP contribution in [0.2, 0.25) is 0 Å². The number of halogens is 1. The van der Waals surface area contributed by atoms with Gasteiger partial charge in [0, 0.05) is 24.1 Å². The highest BCUT2D eigenvalue weighted by atomic mass is 79.9. The molecule has 0 aliphatic rings. The van der Waals surface area contributed by atoms with Crippen LogP contribution in [-0.4, -0.2) is 18.4 Å². The van der Waals surface area contributed by atoms with Crippen LogP contribution in [0.5, 0.6) is 0 Å². The third-order valence-electron chi connectivity index (χ3n) is 2.43. The maximum absolute atomic E-state index is 8.65. The van der Waals surface area contributed by atoms with Crippen molar-refractivity contribution in [1.29, 1.82) is 5.26 Å². The lowest BCUT2D eigenvalue weighted by Crippen LogP contribution is -2.25. The van der Waals surface area contributed by atoms with E-state index in [1.165, 1.54) is 12.1 Å². The molecule has 2 nitrogen and oxygen atoms in total. The van der Waals surface area contributed by atoms with E-state index < -0.39 is 0 Å². The van der Waals surface area contributed by atoms with Gasteiger partial charge in [0.05, 0.1) is 12.5 Å². The van der Waals surface area contributed by atoms with E-state index in [4.69, 9.17) is 5.26 Å². The molecule has 0 aliphatic heterocycles. The second kappa shape index (κ2) is 8.18. The van der Waals surface area contributed by atoms with Gasteiger partial charge in [-0.1, -0.05) is 34.1 Å². The molecule has 0 atom stereocenters. The second-order valence-corrected chi connectivity index (χ2v) is 4.42. The molecule has 1 aromatic rings. The van der Waals surface area contributed by atoms with Gasteiger partial charge < -0.3 is 4.90 Å². The minimum absolute atomic E-state index is 0.587. The molecule has 0 fully saturated rings. The summed E-state index contributed by atoms with van der Waals surface area (Å²) < 4.78 is 0. The van der Waals surface area contributed by atoms with Gasteiger partial charge >= 0.3 is 0 Å². The normalized spacial score (nSPS) is 9.75. The molecular weight excluding hydrogens is 264 g/mol. The number of alkyl halides is 1. The fourth-order valence-corrected chi connectivity index (χ4v) is 1.99. The number of nitriles is 1. The summed E-state index contributed by atoms with van der Waals surface area (Å²) in [5.74, 6) is 0. The molecule has 0 saturated carbocycles. The summed E-state index contributed by atoms with van der Waals surface area (Å²) in [7, 11) is 0. The van der Waals surface area contributed by atoms with Crippen molar-refractivity contribution in [2.45, 2.75) is 19.3 Å². The van der Waals surface area contributed by atoms with Crippen molar-refractivity contribution in [2.24, 2.45) is 0 Å². The lowest BCUT2D eigenvalue weighted by molar-refractivity contribution is 0.723. The van der Waals surface area contributed by atoms with Crippen LogP contribution >= 0.6 is 15.9 Å². The maximum atomic E-state index is 8.65. The van der Waals surface area contributed by atoms with Crippen molar-refractivity contribution in [3.63, 3.8) is 0 Å². The number of rotatable bonds is 7. The van der Waals surface area contributed by atoms with Crippen molar-refractivity contribution in [2.75, 3.05) is 23.3 Å². The second-order valence-electron chi connectivity index (χ2n) is 3.63. The number of hydrogen-bond donors (Lipinski definition) is 0. The van der Waals surface area contributed by atoms with Crippen molar-refractivity contribution < 1.29 is 0 Å². The van der Waals surface area contributed by atoms with Gasteiger partial charge in [0.2, 0.25) is 0 Å². The van der Waals surface area contributed by atoms with Crippen LogP contribution in [-0.2, 0) is 0 Å². The molecule has 16 heavy (non-hydrogen) atoms. The molecule has 1 aromatic carbocycles. The standard InChI is InChI=1S/C13H17BrN2/c14-9-4-5-11-16(12-6-10-15)13-7-2-1-3-8-13/h1-3,7-8H,4-6,9,11-12H2. The summed E-state index contributed by atoms with van der Waals surface area (Å²) in [4.78, 5) is 2.28. The number of benzene rings is 1. The van der Waals surface area contributed by atoms with Crippen LogP contribution in [0, 0.1) is 11.3 Å². The summed E-state index contributed by atoms with van der Waals surface area (Å²) in [5, 5.41) is 9.70. The van der Waals surface area contributed by atoms with Crippen LogP contribution in [0.1, 0.15) is 19.3 Å². The minimum atomic E-state index is 0.587. The molecule has 0 saturated heterocycles. The number of para-hydroxylation sites is 1. The van der Waals surface area contributed by atoms with E-state index in [1.807, 2.05) is 18.2 Å². The molecule has 0 bridgehead atoms. The topological polar surface area (TPSA) is 27.0 Å². The number of nitrogens with zero attached hydrogens (tertiary/aromatic N) is 2. The van der Waals surface area contributed by atoms with Gasteiger partial charge in [0.15, 0.2) is 0 Å². The van der Waals surface area contributed by atoms with Crippen molar-refractivity contribution in [3.05, 3.63) is 30.3 Å². The largest absolute Gasteiger partial charge is 0.371 e. The van der Waals surface area contributed by atoms with Crippen molar-refractivity contribution in [1.82, 2.24) is 0 Å². The van der Waals surface area contributed by atoms with Gasteiger partial charge in [-0.3, -0.25) is 0 Å². The van der Waals surface area contributed by atoms with Gasteiger partial charge in [-0.2, -0.15) is 5.26 Å². The first kappa shape index (κ1) is 13.1. The number of anilines is 1. The SMILES string of the molecule is N#CCCN(CCCCBr)c1ccccc1. The molecule has 0 radical (unpaired) electrons. The number of unbranched alkanes of at least 4 members (excludes halogenated alkanes) is 1. The Kier molecular flexibility index (Phi) is 6.67. The zero-order valence-electron chi connectivity index (χ0n) is 9.40. The van der Waals surface area contributed by atoms with Crippen LogP contribution in [0.3, 0.4) is 0 Å². The first-order valence-electron chi connectivity index (χ1n) is 5.61.